The summed E-state index contributed by atoms with van der Waals surface area (Å²) < 4.78 is 17.5. The van der Waals surface area contributed by atoms with Crippen molar-refractivity contribution >= 4 is 28.6 Å². The topological polar surface area (TPSA) is 121 Å². The molecule has 1 amide bonds. The summed E-state index contributed by atoms with van der Waals surface area (Å²) in [4.78, 5) is 12.0. The Kier molecular flexibility index (Phi) is 9.70. The van der Waals surface area contributed by atoms with Gasteiger partial charge in [-0.2, -0.15) is 5.10 Å². The summed E-state index contributed by atoms with van der Waals surface area (Å²) in [7, 11) is 0. The Morgan fingerprint density at radius 1 is 1.05 bits per heavy atom. The summed E-state index contributed by atoms with van der Waals surface area (Å²) in [5.74, 6) is 2.44. The molecule has 2 aromatic carbocycles. The van der Waals surface area contributed by atoms with E-state index in [1.807, 2.05) is 37.3 Å². The highest BCUT2D eigenvalue weighted by Crippen LogP contribution is 2.33. The van der Waals surface area contributed by atoms with Gasteiger partial charge in [0.25, 0.3) is 0 Å². The van der Waals surface area contributed by atoms with Gasteiger partial charge in [0.15, 0.2) is 11.5 Å². The van der Waals surface area contributed by atoms with Gasteiger partial charge in [-0.15, -0.1) is 10.2 Å². The molecule has 0 unspecified atom stereocenters. The average Bonchev–Trinajstić information content (AvgIpc) is 3.32. The van der Waals surface area contributed by atoms with Crippen LogP contribution < -0.4 is 25.4 Å². The summed E-state index contributed by atoms with van der Waals surface area (Å²) in [6.45, 7) is 3.20. The van der Waals surface area contributed by atoms with Crippen LogP contribution in [0.4, 0.5) is 5.13 Å². The van der Waals surface area contributed by atoms with Crippen LogP contribution in [0.1, 0.15) is 61.1 Å². The maximum absolute atomic E-state index is 12.0. The van der Waals surface area contributed by atoms with Gasteiger partial charge in [-0.3, -0.25) is 4.79 Å². The SMILES string of the molecule is CCOc1cc(/C=N/NC(=O)Cc2nnc(N)s2)ccc1OCCOc1ccc(C2CCCCC2)cc1. The monoisotopic (exact) mass is 523 g/mol. The van der Waals surface area contributed by atoms with Gasteiger partial charge in [0.1, 0.15) is 24.0 Å². The third-order valence-electron chi connectivity index (χ3n) is 6.03. The van der Waals surface area contributed by atoms with Crippen LogP contribution in [0.5, 0.6) is 17.2 Å². The van der Waals surface area contributed by atoms with E-state index < -0.39 is 0 Å². The zero-order valence-electron chi connectivity index (χ0n) is 21.0. The molecule has 1 heterocycles. The van der Waals surface area contributed by atoms with Crippen molar-refractivity contribution in [3.05, 3.63) is 58.6 Å². The normalized spacial score (nSPS) is 14.0. The van der Waals surface area contributed by atoms with Gasteiger partial charge in [0, 0.05) is 0 Å². The van der Waals surface area contributed by atoms with Crippen LogP contribution in [0.25, 0.3) is 0 Å². The Hall–Kier alpha value is -3.66. The van der Waals surface area contributed by atoms with Crippen molar-refractivity contribution in [1.82, 2.24) is 15.6 Å². The first-order chi connectivity index (χ1) is 18.1. The molecule has 1 fully saturated rings. The number of hydrogen-bond donors (Lipinski definition) is 2. The van der Waals surface area contributed by atoms with Gasteiger partial charge >= 0.3 is 0 Å². The summed E-state index contributed by atoms with van der Waals surface area (Å²) >= 11 is 1.17. The van der Waals surface area contributed by atoms with Gasteiger partial charge in [0.05, 0.1) is 19.2 Å². The van der Waals surface area contributed by atoms with Gasteiger partial charge in [-0.1, -0.05) is 42.7 Å². The second-order valence-corrected chi connectivity index (χ2v) is 9.84. The molecule has 0 aliphatic heterocycles. The molecule has 0 spiro atoms. The maximum Gasteiger partial charge on any atom is 0.247 e. The number of carbonyl (C=O) groups excluding carboxylic acids is 1. The van der Waals surface area contributed by atoms with Crippen LogP contribution in [-0.2, 0) is 11.2 Å². The molecule has 3 aromatic rings. The lowest BCUT2D eigenvalue weighted by Crippen LogP contribution is -2.19. The molecule has 196 valence electrons. The van der Waals surface area contributed by atoms with Gasteiger partial charge in [0.2, 0.25) is 11.0 Å². The molecule has 1 saturated carbocycles. The van der Waals surface area contributed by atoms with E-state index in [0.29, 0.717) is 47.4 Å². The Bertz CT molecular complexity index is 1180. The fourth-order valence-corrected chi connectivity index (χ4v) is 4.88. The van der Waals surface area contributed by atoms with Crippen molar-refractivity contribution in [2.45, 2.75) is 51.4 Å². The minimum absolute atomic E-state index is 0.0654. The standard InChI is InChI=1S/C27H33N5O4S/c1-2-34-24-16-19(18-29-30-25(33)17-26-31-32-27(28)37-26)8-13-23(24)36-15-14-35-22-11-9-21(10-12-22)20-6-4-3-5-7-20/h8-13,16,18,20H,2-7,14-15,17H2,1H3,(H2,28,32)(H,30,33)/b29-18+. The highest BCUT2D eigenvalue weighted by Gasteiger charge is 2.15. The molecule has 0 radical (unpaired) electrons. The van der Waals surface area contributed by atoms with Crippen molar-refractivity contribution in [3.8, 4) is 17.2 Å². The van der Waals surface area contributed by atoms with Gasteiger partial charge in [-0.05, 0) is 67.1 Å². The number of benzene rings is 2. The zero-order chi connectivity index (χ0) is 25.9. The van der Waals surface area contributed by atoms with Crippen molar-refractivity contribution in [3.63, 3.8) is 0 Å². The Labute approximate surface area is 221 Å². The lowest BCUT2D eigenvalue weighted by Gasteiger charge is -2.22. The minimum Gasteiger partial charge on any atom is -0.490 e. The van der Waals surface area contributed by atoms with E-state index in [1.165, 1.54) is 49.0 Å². The molecule has 9 nitrogen and oxygen atoms in total. The number of hydrogen-bond acceptors (Lipinski definition) is 9. The summed E-state index contributed by atoms with van der Waals surface area (Å²) in [6, 6.07) is 13.9. The first-order valence-corrected chi connectivity index (χ1v) is 13.4. The van der Waals surface area contributed by atoms with Crippen molar-refractivity contribution < 1.29 is 19.0 Å². The predicted octanol–water partition coefficient (Wildman–Crippen LogP) is 4.72. The molecule has 4 rings (SSSR count). The first kappa shape index (κ1) is 26.4. The quantitative estimate of drug-likeness (QED) is 0.200. The second-order valence-electron chi connectivity index (χ2n) is 8.74. The minimum atomic E-state index is -0.305. The zero-order valence-corrected chi connectivity index (χ0v) is 21.8. The van der Waals surface area contributed by atoms with E-state index in [9.17, 15) is 4.79 Å². The number of nitrogens with one attached hydrogen (secondary N) is 1. The average molecular weight is 524 g/mol. The highest BCUT2D eigenvalue weighted by molar-refractivity contribution is 7.15. The fraction of sp³-hybridized carbons (Fsp3) is 0.407. The third kappa shape index (κ3) is 8.18. The molecule has 3 N–H and O–H groups in total. The van der Waals surface area contributed by atoms with Crippen LogP contribution in [0, 0.1) is 0 Å². The highest BCUT2D eigenvalue weighted by atomic mass is 32.1. The van der Waals surface area contributed by atoms with E-state index in [0.717, 1.165) is 11.3 Å². The Morgan fingerprint density at radius 2 is 1.84 bits per heavy atom. The number of ether oxygens (including phenoxy) is 3. The molecule has 0 bridgehead atoms. The van der Waals surface area contributed by atoms with E-state index in [-0.39, 0.29) is 12.3 Å². The Morgan fingerprint density at radius 3 is 2.57 bits per heavy atom. The van der Waals surface area contributed by atoms with Crippen LogP contribution in [0.2, 0.25) is 0 Å². The van der Waals surface area contributed by atoms with Crippen LogP contribution in [0.3, 0.4) is 0 Å². The largest absolute Gasteiger partial charge is 0.490 e. The Balaban J connectivity index is 1.24. The number of carbonyl (C=O) groups is 1. The smallest absolute Gasteiger partial charge is 0.247 e. The van der Waals surface area contributed by atoms with Crippen LogP contribution in [-0.4, -0.2) is 42.1 Å². The summed E-state index contributed by atoms with van der Waals surface area (Å²) in [5.41, 5.74) is 10.2. The second kappa shape index (κ2) is 13.6. The molecule has 10 heteroatoms. The lowest BCUT2D eigenvalue weighted by atomic mass is 9.84. The number of aromatic nitrogens is 2. The van der Waals surface area contributed by atoms with Gasteiger partial charge < -0.3 is 19.9 Å². The molecule has 1 aliphatic rings. The third-order valence-corrected chi connectivity index (χ3v) is 6.78. The van der Waals surface area contributed by atoms with E-state index in [2.05, 4.69) is 32.9 Å². The van der Waals surface area contributed by atoms with Crippen molar-refractivity contribution in [2.24, 2.45) is 5.10 Å². The van der Waals surface area contributed by atoms with Crippen LogP contribution in [0.15, 0.2) is 47.6 Å². The molecular formula is C27H33N5O4S. The predicted molar refractivity (Wildman–Crippen MR) is 145 cm³/mol. The maximum atomic E-state index is 12.0. The molecule has 0 atom stereocenters. The van der Waals surface area contributed by atoms with Gasteiger partial charge in [-0.25, -0.2) is 5.43 Å². The molecule has 0 saturated heterocycles. The van der Waals surface area contributed by atoms with E-state index >= 15 is 0 Å². The van der Waals surface area contributed by atoms with Crippen molar-refractivity contribution in [2.75, 3.05) is 25.6 Å². The summed E-state index contributed by atoms with van der Waals surface area (Å²) in [6.07, 6.45) is 8.20. The van der Waals surface area contributed by atoms with E-state index in [1.54, 1.807) is 6.21 Å². The number of anilines is 1. The fourth-order valence-electron chi connectivity index (χ4n) is 4.27. The number of rotatable bonds is 12. The van der Waals surface area contributed by atoms with Crippen molar-refractivity contribution in [1.29, 1.82) is 0 Å². The van der Waals surface area contributed by atoms with Crippen LogP contribution >= 0.6 is 11.3 Å². The number of nitrogens with two attached hydrogens (primary N) is 1. The number of amides is 1. The van der Waals surface area contributed by atoms with E-state index in [4.69, 9.17) is 19.9 Å². The molecule has 37 heavy (non-hydrogen) atoms. The first-order valence-electron chi connectivity index (χ1n) is 12.6. The number of nitrogen functional groups attached to an aromatic ring is 1. The number of nitrogens with zero attached hydrogens (tertiary/aromatic N) is 3. The molecule has 1 aromatic heterocycles. The molecule has 1 aliphatic carbocycles. The lowest BCUT2D eigenvalue weighted by molar-refractivity contribution is -0.120. The summed E-state index contributed by atoms with van der Waals surface area (Å²) in [5, 5.41) is 12.4. The molecular weight excluding hydrogens is 490 g/mol. The number of hydrazone groups is 1.